The van der Waals surface area contributed by atoms with Gasteiger partial charge >= 0.3 is 9.28 Å². The van der Waals surface area contributed by atoms with Gasteiger partial charge in [0.1, 0.15) is 0 Å². The van der Waals surface area contributed by atoms with Gasteiger partial charge in [0.2, 0.25) is 0 Å². The van der Waals surface area contributed by atoms with Crippen LogP contribution in [0.25, 0.3) is 0 Å². The van der Waals surface area contributed by atoms with Crippen LogP contribution in [0.15, 0.2) is 0 Å². The molecule has 3 nitrogen and oxygen atoms in total. The Bertz CT molecular complexity index is 104. The first-order valence-electron chi connectivity index (χ1n) is 3.36. The second kappa shape index (κ2) is 5.58. The smallest absolute Gasteiger partial charge is 0.326 e. The van der Waals surface area contributed by atoms with Crippen LogP contribution in [0.1, 0.15) is 13.3 Å². The molecule has 0 aromatic rings. The monoisotopic (exact) mass is 161 g/mol. The van der Waals surface area contributed by atoms with Gasteiger partial charge in [-0.15, -0.1) is 0 Å². The molecule has 0 aliphatic rings. The standard InChI is InChI=1S/C6H15NO2Si/c1-4-6(7)5-10(8-2)9-3/h7,10H,4-5H2,1-3H3. The quantitative estimate of drug-likeness (QED) is 0.481. The van der Waals surface area contributed by atoms with E-state index in [4.69, 9.17) is 14.3 Å². The van der Waals surface area contributed by atoms with Crippen LogP contribution in [0.2, 0.25) is 6.04 Å². The highest BCUT2D eigenvalue weighted by atomic mass is 28.3. The van der Waals surface area contributed by atoms with Gasteiger partial charge in [-0.05, 0) is 6.42 Å². The minimum Gasteiger partial charge on any atom is -0.400 e. The van der Waals surface area contributed by atoms with Gasteiger partial charge < -0.3 is 14.3 Å². The Hall–Kier alpha value is -0.193. The van der Waals surface area contributed by atoms with Crippen LogP contribution in [-0.2, 0) is 8.85 Å². The number of nitrogens with one attached hydrogen (secondary N) is 1. The summed E-state index contributed by atoms with van der Waals surface area (Å²) in [7, 11) is 1.79. The Morgan fingerprint density at radius 3 is 2.20 bits per heavy atom. The lowest BCUT2D eigenvalue weighted by Gasteiger charge is -2.09. The van der Waals surface area contributed by atoms with Gasteiger partial charge in [0.15, 0.2) is 0 Å². The van der Waals surface area contributed by atoms with Crippen LogP contribution in [0.5, 0.6) is 0 Å². The van der Waals surface area contributed by atoms with Crippen molar-refractivity contribution in [1.82, 2.24) is 0 Å². The lowest BCUT2D eigenvalue weighted by atomic mass is 10.3. The predicted octanol–water partition coefficient (Wildman–Crippen LogP) is 0.929. The summed E-state index contributed by atoms with van der Waals surface area (Å²) in [5.41, 5.74) is 0.723. The molecule has 0 aromatic carbocycles. The van der Waals surface area contributed by atoms with Crippen molar-refractivity contribution in [3.05, 3.63) is 0 Å². The molecule has 1 N–H and O–H groups in total. The molecule has 0 radical (unpaired) electrons. The minimum atomic E-state index is -1.49. The summed E-state index contributed by atoms with van der Waals surface area (Å²) in [6, 6.07) is 0.712. The van der Waals surface area contributed by atoms with E-state index in [1.165, 1.54) is 0 Å². The molecule has 4 heteroatoms. The molecule has 60 valence electrons. The van der Waals surface area contributed by atoms with Gasteiger partial charge in [-0.25, -0.2) is 0 Å². The third kappa shape index (κ3) is 3.76. The molecule has 10 heavy (non-hydrogen) atoms. The van der Waals surface area contributed by atoms with E-state index >= 15 is 0 Å². The van der Waals surface area contributed by atoms with Crippen molar-refractivity contribution in [2.45, 2.75) is 19.4 Å². The molecule has 0 aliphatic heterocycles. The Morgan fingerprint density at radius 1 is 1.40 bits per heavy atom. The van der Waals surface area contributed by atoms with Gasteiger partial charge in [-0.2, -0.15) is 0 Å². The molecule has 0 aliphatic carbocycles. The second-order valence-electron chi connectivity index (χ2n) is 2.06. The maximum absolute atomic E-state index is 7.35. The Morgan fingerprint density at radius 2 is 1.90 bits per heavy atom. The van der Waals surface area contributed by atoms with Gasteiger partial charge in [0.05, 0.1) is 0 Å². The lowest BCUT2D eigenvalue weighted by molar-refractivity contribution is 0.282. The maximum Gasteiger partial charge on any atom is 0.326 e. The molecule has 0 bridgehead atoms. The molecular formula is C6H15NO2Si. The van der Waals surface area contributed by atoms with Crippen molar-refractivity contribution >= 4 is 15.0 Å². The maximum atomic E-state index is 7.35. The molecule has 0 atom stereocenters. The fourth-order valence-electron chi connectivity index (χ4n) is 0.608. The zero-order chi connectivity index (χ0) is 7.98. The highest BCUT2D eigenvalue weighted by Crippen LogP contribution is 1.98. The average molecular weight is 161 g/mol. The molecule has 0 rings (SSSR count). The first-order valence-corrected chi connectivity index (χ1v) is 5.12. The average Bonchev–Trinajstić information content (AvgIpc) is 1.99. The van der Waals surface area contributed by atoms with E-state index in [0.717, 1.165) is 12.1 Å². The van der Waals surface area contributed by atoms with Crippen molar-refractivity contribution in [1.29, 1.82) is 5.41 Å². The van der Waals surface area contributed by atoms with Crippen molar-refractivity contribution in [3.8, 4) is 0 Å². The van der Waals surface area contributed by atoms with E-state index in [2.05, 4.69) is 0 Å². The van der Waals surface area contributed by atoms with Crippen LogP contribution in [0, 0.1) is 5.41 Å². The summed E-state index contributed by atoms with van der Waals surface area (Å²) < 4.78 is 10.1. The van der Waals surface area contributed by atoms with Crippen LogP contribution in [0.4, 0.5) is 0 Å². The third-order valence-electron chi connectivity index (χ3n) is 1.37. The summed E-state index contributed by atoms with van der Waals surface area (Å²) in [6.45, 7) is 1.97. The van der Waals surface area contributed by atoms with E-state index < -0.39 is 9.28 Å². The molecule has 0 unspecified atom stereocenters. The molecule has 0 aromatic heterocycles. The van der Waals surface area contributed by atoms with Crippen molar-refractivity contribution in [2.24, 2.45) is 0 Å². The molecule has 0 heterocycles. The Kier molecular flexibility index (Phi) is 5.47. The van der Waals surface area contributed by atoms with Gasteiger partial charge in [0.25, 0.3) is 0 Å². The zero-order valence-electron chi connectivity index (χ0n) is 6.81. The second-order valence-corrected chi connectivity index (χ2v) is 4.27. The van der Waals surface area contributed by atoms with Gasteiger partial charge in [-0.3, -0.25) is 0 Å². The molecular weight excluding hydrogens is 146 g/mol. The molecule has 0 amide bonds. The fraction of sp³-hybridized carbons (Fsp3) is 0.833. The molecule has 0 spiro atoms. The van der Waals surface area contributed by atoms with Gasteiger partial charge in [-0.1, -0.05) is 6.92 Å². The van der Waals surface area contributed by atoms with Crippen LogP contribution in [0.3, 0.4) is 0 Å². The molecule has 0 saturated heterocycles. The van der Waals surface area contributed by atoms with Crippen LogP contribution < -0.4 is 0 Å². The topological polar surface area (TPSA) is 42.3 Å². The summed E-state index contributed by atoms with van der Waals surface area (Å²) in [5, 5.41) is 7.35. The van der Waals surface area contributed by atoms with E-state index in [9.17, 15) is 0 Å². The first kappa shape index (κ1) is 9.81. The Labute approximate surface area is 63.7 Å². The number of rotatable bonds is 5. The number of hydrogen-bond acceptors (Lipinski definition) is 3. The fourth-order valence-corrected chi connectivity index (χ4v) is 1.83. The van der Waals surface area contributed by atoms with Crippen molar-refractivity contribution in [3.63, 3.8) is 0 Å². The first-order chi connectivity index (χ1) is 4.74. The third-order valence-corrected chi connectivity index (χ3v) is 3.24. The summed E-state index contributed by atoms with van der Waals surface area (Å²) in [5.74, 6) is 0. The van der Waals surface area contributed by atoms with Gasteiger partial charge in [0, 0.05) is 26.0 Å². The van der Waals surface area contributed by atoms with Crippen LogP contribution >= 0.6 is 0 Å². The van der Waals surface area contributed by atoms with E-state index in [0.29, 0.717) is 6.04 Å². The molecule has 0 fully saturated rings. The Balaban J connectivity index is 3.52. The summed E-state index contributed by atoms with van der Waals surface area (Å²) in [4.78, 5) is 0. The highest BCUT2D eigenvalue weighted by molar-refractivity contribution is 6.49. The van der Waals surface area contributed by atoms with Crippen molar-refractivity contribution in [2.75, 3.05) is 14.2 Å². The highest BCUT2D eigenvalue weighted by Gasteiger charge is 2.10. The predicted molar refractivity (Wildman–Crippen MR) is 44.0 cm³/mol. The van der Waals surface area contributed by atoms with Crippen LogP contribution in [-0.4, -0.2) is 29.2 Å². The summed E-state index contributed by atoms with van der Waals surface area (Å²) in [6.07, 6.45) is 0.802. The normalized spacial score (nSPS) is 10.4. The zero-order valence-corrected chi connectivity index (χ0v) is 7.96. The minimum absolute atomic E-state index is 0.712. The van der Waals surface area contributed by atoms with E-state index in [1.54, 1.807) is 14.2 Å². The van der Waals surface area contributed by atoms with E-state index in [-0.39, 0.29) is 0 Å². The lowest BCUT2D eigenvalue weighted by Crippen LogP contribution is -2.22. The van der Waals surface area contributed by atoms with E-state index in [1.807, 2.05) is 6.92 Å². The largest absolute Gasteiger partial charge is 0.400 e. The van der Waals surface area contributed by atoms with Crippen molar-refractivity contribution < 1.29 is 8.85 Å². The number of hydrogen-bond donors (Lipinski definition) is 1. The summed E-state index contributed by atoms with van der Waals surface area (Å²) >= 11 is 0. The SMILES string of the molecule is CCC(=N)C[SiH](OC)OC. The molecule has 0 saturated carbocycles.